The van der Waals surface area contributed by atoms with Gasteiger partial charge in [-0.2, -0.15) is 0 Å². The number of benzene rings is 3. The first-order chi connectivity index (χ1) is 12.6. The number of nitrogens with zero attached hydrogens (tertiary/aromatic N) is 2. The number of aromatic nitrogens is 1. The Balaban J connectivity index is 1.74. The van der Waals surface area contributed by atoms with E-state index in [2.05, 4.69) is 9.98 Å². The van der Waals surface area contributed by atoms with Crippen molar-refractivity contribution >= 4 is 34.6 Å². The molecule has 0 fully saturated rings. The number of oxazole rings is 1. The standard InChI is InChI=1S/C21H15ClN2O2/c1-13-16(21-24-18-6-2-3-8-20(18)26-21)5-4-7-17(13)23-12-14-11-15(22)9-10-19(14)25/h2-12,25H,1H3. The van der Waals surface area contributed by atoms with E-state index in [4.69, 9.17) is 16.0 Å². The lowest BCUT2D eigenvalue weighted by Gasteiger charge is -2.05. The van der Waals surface area contributed by atoms with Crippen LogP contribution in [0.4, 0.5) is 5.69 Å². The predicted octanol–water partition coefficient (Wildman–Crippen LogP) is 5.91. The van der Waals surface area contributed by atoms with Crippen LogP contribution < -0.4 is 0 Å². The van der Waals surface area contributed by atoms with Gasteiger partial charge < -0.3 is 9.52 Å². The molecular formula is C21H15ClN2O2. The smallest absolute Gasteiger partial charge is 0.227 e. The zero-order chi connectivity index (χ0) is 18.1. The number of hydrogen-bond acceptors (Lipinski definition) is 4. The molecule has 0 atom stereocenters. The lowest BCUT2D eigenvalue weighted by Crippen LogP contribution is -1.86. The van der Waals surface area contributed by atoms with Gasteiger partial charge in [0.25, 0.3) is 0 Å². The van der Waals surface area contributed by atoms with E-state index in [-0.39, 0.29) is 5.75 Å². The summed E-state index contributed by atoms with van der Waals surface area (Å²) >= 11 is 5.98. The van der Waals surface area contributed by atoms with Crippen LogP contribution in [0.2, 0.25) is 5.02 Å². The van der Waals surface area contributed by atoms with Gasteiger partial charge in [-0.1, -0.05) is 29.8 Å². The highest BCUT2D eigenvalue weighted by Crippen LogP contribution is 2.32. The summed E-state index contributed by atoms with van der Waals surface area (Å²) in [6.07, 6.45) is 1.60. The summed E-state index contributed by atoms with van der Waals surface area (Å²) < 4.78 is 5.87. The van der Waals surface area contributed by atoms with E-state index in [0.717, 1.165) is 27.9 Å². The highest BCUT2D eigenvalue weighted by molar-refractivity contribution is 6.30. The molecule has 0 amide bonds. The monoisotopic (exact) mass is 362 g/mol. The third-order valence-electron chi connectivity index (χ3n) is 4.16. The molecule has 0 bridgehead atoms. The van der Waals surface area contributed by atoms with Crippen molar-refractivity contribution in [3.05, 3.63) is 76.8 Å². The Bertz CT molecular complexity index is 1100. The second-order valence-corrected chi connectivity index (χ2v) is 6.33. The molecule has 26 heavy (non-hydrogen) atoms. The number of phenols is 1. The van der Waals surface area contributed by atoms with E-state index in [1.54, 1.807) is 24.4 Å². The Hall–Kier alpha value is -3.11. The molecule has 1 N–H and O–H groups in total. The van der Waals surface area contributed by atoms with Crippen LogP contribution in [-0.2, 0) is 0 Å². The van der Waals surface area contributed by atoms with Crippen LogP contribution in [0.15, 0.2) is 70.1 Å². The van der Waals surface area contributed by atoms with Crippen molar-refractivity contribution in [2.75, 3.05) is 0 Å². The molecule has 3 aromatic carbocycles. The number of para-hydroxylation sites is 2. The van der Waals surface area contributed by atoms with Crippen LogP contribution in [0, 0.1) is 6.92 Å². The van der Waals surface area contributed by atoms with E-state index < -0.39 is 0 Å². The van der Waals surface area contributed by atoms with E-state index >= 15 is 0 Å². The molecule has 4 nitrogen and oxygen atoms in total. The first kappa shape index (κ1) is 16.4. The number of phenolic OH excluding ortho intramolecular Hbond substituents is 1. The minimum atomic E-state index is 0.130. The number of rotatable bonds is 3. The number of hydrogen-bond donors (Lipinski definition) is 1. The maximum atomic E-state index is 9.92. The molecule has 0 saturated carbocycles. The topological polar surface area (TPSA) is 58.6 Å². The van der Waals surface area contributed by atoms with Gasteiger partial charge in [0.1, 0.15) is 11.3 Å². The fraction of sp³-hybridized carbons (Fsp3) is 0.0476. The predicted molar refractivity (Wildman–Crippen MR) is 105 cm³/mol. The summed E-state index contributed by atoms with van der Waals surface area (Å²) in [5.41, 5.74) is 4.72. The Kier molecular flexibility index (Phi) is 4.19. The fourth-order valence-corrected chi connectivity index (χ4v) is 2.93. The van der Waals surface area contributed by atoms with Crippen LogP contribution in [0.1, 0.15) is 11.1 Å². The molecule has 128 valence electrons. The van der Waals surface area contributed by atoms with Crippen molar-refractivity contribution in [2.45, 2.75) is 6.92 Å². The number of aromatic hydroxyl groups is 1. The maximum Gasteiger partial charge on any atom is 0.227 e. The minimum absolute atomic E-state index is 0.130. The summed E-state index contributed by atoms with van der Waals surface area (Å²) in [7, 11) is 0. The van der Waals surface area contributed by atoms with E-state index in [9.17, 15) is 5.11 Å². The third-order valence-corrected chi connectivity index (χ3v) is 4.40. The van der Waals surface area contributed by atoms with Gasteiger partial charge in [-0.3, -0.25) is 4.99 Å². The first-order valence-corrected chi connectivity index (χ1v) is 8.48. The molecule has 0 aliphatic heterocycles. The highest BCUT2D eigenvalue weighted by Gasteiger charge is 2.12. The van der Waals surface area contributed by atoms with Crippen molar-refractivity contribution in [2.24, 2.45) is 4.99 Å². The normalized spacial score (nSPS) is 11.5. The molecule has 1 aromatic heterocycles. The Morgan fingerprint density at radius 3 is 2.77 bits per heavy atom. The van der Waals surface area contributed by atoms with Gasteiger partial charge in [-0.05, 0) is 55.0 Å². The fourth-order valence-electron chi connectivity index (χ4n) is 2.75. The van der Waals surface area contributed by atoms with Crippen LogP contribution in [0.3, 0.4) is 0 Å². The maximum absolute atomic E-state index is 9.92. The van der Waals surface area contributed by atoms with E-state index in [1.165, 1.54) is 0 Å². The number of fused-ring (bicyclic) bond motifs is 1. The van der Waals surface area contributed by atoms with Gasteiger partial charge in [0, 0.05) is 22.4 Å². The molecule has 4 aromatic rings. The molecule has 0 aliphatic rings. The summed E-state index contributed by atoms with van der Waals surface area (Å²) in [4.78, 5) is 9.06. The van der Waals surface area contributed by atoms with Crippen molar-refractivity contribution < 1.29 is 9.52 Å². The zero-order valence-corrected chi connectivity index (χ0v) is 14.7. The lowest BCUT2D eigenvalue weighted by atomic mass is 10.1. The van der Waals surface area contributed by atoms with Gasteiger partial charge in [0.2, 0.25) is 5.89 Å². The minimum Gasteiger partial charge on any atom is -0.507 e. The quantitative estimate of drug-likeness (QED) is 0.460. The summed E-state index contributed by atoms with van der Waals surface area (Å²) in [5, 5.41) is 10.5. The lowest BCUT2D eigenvalue weighted by molar-refractivity contribution is 0.474. The second kappa shape index (κ2) is 6.65. The molecule has 0 aliphatic carbocycles. The molecule has 0 radical (unpaired) electrons. The Morgan fingerprint density at radius 1 is 1.08 bits per heavy atom. The SMILES string of the molecule is Cc1c(N=Cc2cc(Cl)ccc2O)cccc1-c1nc2ccccc2o1. The van der Waals surface area contributed by atoms with Crippen molar-refractivity contribution in [3.63, 3.8) is 0 Å². The largest absolute Gasteiger partial charge is 0.507 e. The number of halogens is 1. The first-order valence-electron chi connectivity index (χ1n) is 8.10. The van der Waals surface area contributed by atoms with Gasteiger partial charge in [0.15, 0.2) is 5.58 Å². The third kappa shape index (κ3) is 3.07. The van der Waals surface area contributed by atoms with E-state index in [1.807, 2.05) is 49.4 Å². The highest BCUT2D eigenvalue weighted by atomic mass is 35.5. The Labute approximate surface area is 155 Å². The van der Waals surface area contributed by atoms with Crippen molar-refractivity contribution in [3.8, 4) is 17.2 Å². The number of aliphatic imine (C=N–C) groups is 1. The molecule has 0 spiro atoms. The molecule has 5 heteroatoms. The van der Waals surface area contributed by atoms with Crippen LogP contribution in [0.25, 0.3) is 22.6 Å². The second-order valence-electron chi connectivity index (χ2n) is 5.90. The van der Waals surface area contributed by atoms with E-state index in [0.29, 0.717) is 16.5 Å². The van der Waals surface area contributed by atoms with Crippen molar-refractivity contribution in [1.29, 1.82) is 0 Å². The van der Waals surface area contributed by atoms with Crippen molar-refractivity contribution in [1.82, 2.24) is 4.98 Å². The average Bonchev–Trinajstić information content (AvgIpc) is 3.07. The average molecular weight is 363 g/mol. The van der Waals surface area contributed by atoms with Crippen LogP contribution in [0.5, 0.6) is 5.75 Å². The summed E-state index contributed by atoms with van der Waals surface area (Å²) in [6, 6.07) is 18.3. The van der Waals surface area contributed by atoms with Gasteiger partial charge in [-0.25, -0.2) is 4.98 Å². The Morgan fingerprint density at radius 2 is 1.92 bits per heavy atom. The molecule has 0 saturated heterocycles. The zero-order valence-electron chi connectivity index (χ0n) is 14.0. The summed E-state index contributed by atoms with van der Waals surface area (Å²) in [6.45, 7) is 1.97. The molecule has 4 rings (SSSR count). The van der Waals surface area contributed by atoms with Gasteiger partial charge in [-0.15, -0.1) is 0 Å². The molecule has 0 unspecified atom stereocenters. The van der Waals surface area contributed by atoms with Gasteiger partial charge in [0.05, 0.1) is 5.69 Å². The molecular weight excluding hydrogens is 348 g/mol. The van der Waals surface area contributed by atoms with Crippen LogP contribution in [-0.4, -0.2) is 16.3 Å². The van der Waals surface area contributed by atoms with Crippen LogP contribution >= 0.6 is 11.6 Å². The van der Waals surface area contributed by atoms with Gasteiger partial charge >= 0.3 is 0 Å². The molecule has 1 heterocycles. The summed E-state index contributed by atoms with van der Waals surface area (Å²) in [5.74, 6) is 0.692.